The van der Waals surface area contributed by atoms with Gasteiger partial charge in [0.15, 0.2) is 0 Å². The van der Waals surface area contributed by atoms with Crippen molar-refractivity contribution in [1.29, 1.82) is 0 Å². The van der Waals surface area contributed by atoms with Crippen LogP contribution in [0.4, 0.5) is 0 Å². The van der Waals surface area contributed by atoms with Crippen LogP contribution in [0.1, 0.15) is 39.8 Å². The maximum absolute atomic E-state index is 12.9. The van der Waals surface area contributed by atoms with Gasteiger partial charge in [-0.15, -0.1) is 0 Å². The molecular formula is C24H25ClN2O4S2. The molecule has 1 saturated heterocycles. The molecule has 3 rings (SSSR count). The van der Waals surface area contributed by atoms with Crippen LogP contribution in [0.25, 0.3) is 17.2 Å². The summed E-state index contributed by atoms with van der Waals surface area (Å²) in [7, 11) is 0. The number of pyridine rings is 1. The normalized spacial score (nSPS) is 16.2. The minimum atomic E-state index is -1.06. The van der Waals surface area contributed by atoms with E-state index in [0.29, 0.717) is 27.8 Å². The number of aliphatic carboxylic acids is 1. The molecule has 0 aliphatic carbocycles. The van der Waals surface area contributed by atoms with Gasteiger partial charge < -0.3 is 9.84 Å². The zero-order valence-electron chi connectivity index (χ0n) is 18.7. The van der Waals surface area contributed by atoms with Crippen LogP contribution >= 0.6 is 35.6 Å². The third-order valence-corrected chi connectivity index (χ3v) is 6.43. The van der Waals surface area contributed by atoms with Crippen LogP contribution in [0.15, 0.2) is 41.4 Å². The third kappa shape index (κ3) is 6.13. The first-order valence-corrected chi connectivity index (χ1v) is 12.1. The number of thioether (sulfide) groups is 1. The molecule has 1 N–H and O–H groups in total. The Labute approximate surface area is 208 Å². The summed E-state index contributed by atoms with van der Waals surface area (Å²) < 4.78 is 5.91. The lowest BCUT2D eigenvalue weighted by Gasteiger charge is -2.24. The molecule has 0 radical (unpaired) electrons. The van der Waals surface area contributed by atoms with Crippen molar-refractivity contribution in [2.75, 3.05) is 0 Å². The number of carboxylic acid groups (broad SMARTS) is 1. The number of benzene rings is 1. The smallest absolute Gasteiger partial charge is 0.326 e. The quantitative estimate of drug-likeness (QED) is 0.354. The van der Waals surface area contributed by atoms with Crippen LogP contribution in [0.3, 0.4) is 0 Å². The number of ether oxygens (including phenoxy) is 1. The fourth-order valence-corrected chi connectivity index (χ4v) is 4.90. The van der Waals surface area contributed by atoms with Crippen molar-refractivity contribution >= 4 is 57.9 Å². The molecule has 33 heavy (non-hydrogen) atoms. The highest BCUT2D eigenvalue weighted by Crippen LogP contribution is 2.35. The number of thiocarbonyl (C=S) groups is 1. The summed E-state index contributed by atoms with van der Waals surface area (Å²) in [6.07, 6.45) is 3.67. The van der Waals surface area contributed by atoms with Gasteiger partial charge in [0.1, 0.15) is 16.1 Å². The van der Waals surface area contributed by atoms with E-state index in [1.807, 2.05) is 52.0 Å². The molecule has 1 aromatic carbocycles. The molecular weight excluding hydrogens is 480 g/mol. The molecule has 0 saturated carbocycles. The molecule has 1 fully saturated rings. The highest BCUT2D eigenvalue weighted by molar-refractivity contribution is 8.26. The standard InChI is InChI=1S/C24H25ClN2O4S2/c1-13(2)9-19(23(29)30)27-22(28)21(33-24(27)32)11-17-7-5-16(12-26-17)15-6-8-20(18(25)10-15)31-14(3)4/h5-8,10-14,19H,9H2,1-4H3,(H,29,30)/t19-/m0/s1. The largest absolute Gasteiger partial charge is 0.489 e. The lowest BCUT2D eigenvalue weighted by molar-refractivity contribution is -0.145. The summed E-state index contributed by atoms with van der Waals surface area (Å²) in [4.78, 5) is 30.6. The number of rotatable bonds is 8. The van der Waals surface area contributed by atoms with E-state index in [0.717, 1.165) is 22.9 Å². The Morgan fingerprint density at radius 2 is 1.94 bits per heavy atom. The van der Waals surface area contributed by atoms with Gasteiger partial charge >= 0.3 is 5.97 Å². The summed E-state index contributed by atoms with van der Waals surface area (Å²) in [5.74, 6) is -0.740. The van der Waals surface area contributed by atoms with Gasteiger partial charge in [0, 0.05) is 11.8 Å². The number of aromatic nitrogens is 1. The number of carboxylic acids is 1. The molecule has 174 valence electrons. The number of hydrogen-bond donors (Lipinski definition) is 1. The Hall–Kier alpha value is -2.42. The summed E-state index contributed by atoms with van der Waals surface area (Å²) >= 11 is 12.7. The maximum atomic E-state index is 12.9. The first-order valence-electron chi connectivity index (χ1n) is 10.5. The summed E-state index contributed by atoms with van der Waals surface area (Å²) in [6.45, 7) is 7.69. The fraction of sp³-hybridized carbons (Fsp3) is 0.333. The number of halogens is 1. The molecule has 1 aliphatic heterocycles. The van der Waals surface area contributed by atoms with Crippen molar-refractivity contribution in [3.63, 3.8) is 0 Å². The Kier molecular flexibility index (Phi) is 8.15. The van der Waals surface area contributed by atoms with E-state index in [-0.39, 0.29) is 16.3 Å². The summed E-state index contributed by atoms with van der Waals surface area (Å²) in [5, 5.41) is 10.1. The number of hydrogen-bond acceptors (Lipinski definition) is 6. The van der Waals surface area contributed by atoms with Crippen molar-refractivity contribution < 1.29 is 19.4 Å². The van der Waals surface area contributed by atoms with Crippen molar-refractivity contribution in [1.82, 2.24) is 9.88 Å². The third-order valence-electron chi connectivity index (χ3n) is 4.81. The van der Waals surface area contributed by atoms with E-state index in [1.165, 1.54) is 4.90 Å². The Morgan fingerprint density at radius 3 is 2.48 bits per heavy atom. The zero-order chi connectivity index (χ0) is 24.3. The highest BCUT2D eigenvalue weighted by atomic mass is 35.5. The van der Waals surface area contributed by atoms with Crippen LogP contribution in [0, 0.1) is 5.92 Å². The second-order valence-electron chi connectivity index (χ2n) is 8.32. The van der Waals surface area contributed by atoms with Crippen LogP contribution < -0.4 is 4.74 Å². The summed E-state index contributed by atoms with van der Waals surface area (Å²) in [5.41, 5.74) is 2.32. The maximum Gasteiger partial charge on any atom is 0.326 e. The minimum absolute atomic E-state index is 0.0264. The van der Waals surface area contributed by atoms with Crippen molar-refractivity contribution in [3.8, 4) is 16.9 Å². The van der Waals surface area contributed by atoms with E-state index in [9.17, 15) is 14.7 Å². The van der Waals surface area contributed by atoms with E-state index >= 15 is 0 Å². The van der Waals surface area contributed by atoms with Gasteiger partial charge in [-0.1, -0.05) is 61.6 Å². The predicted molar refractivity (Wildman–Crippen MR) is 136 cm³/mol. The molecule has 0 bridgehead atoms. The number of nitrogens with zero attached hydrogens (tertiary/aromatic N) is 2. The molecule has 9 heteroatoms. The monoisotopic (exact) mass is 504 g/mol. The van der Waals surface area contributed by atoms with Crippen LogP contribution in [0.2, 0.25) is 5.02 Å². The molecule has 1 atom stereocenters. The molecule has 2 aromatic rings. The van der Waals surface area contributed by atoms with E-state index < -0.39 is 17.9 Å². The van der Waals surface area contributed by atoms with Crippen molar-refractivity contribution in [2.45, 2.75) is 46.3 Å². The van der Waals surface area contributed by atoms with Crippen molar-refractivity contribution in [3.05, 3.63) is 52.2 Å². The predicted octanol–water partition coefficient (Wildman–Crippen LogP) is 5.89. The second-order valence-corrected chi connectivity index (χ2v) is 10.4. The van der Waals surface area contributed by atoms with Gasteiger partial charge in [0.05, 0.1) is 21.7 Å². The Morgan fingerprint density at radius 1 is 1.24 bits per heavy atom. The average molecular weight is 505 g/mol. The SMILES string of the molecule is CC(C)C[C@@H](C(=O)O)N1C(=O)C(=Cc2ccc(-c3ccc(OC(C)C)c(Cl)c3)cn2)SC1=S. The molecule has 1 amide bonds. The van der Waals surface area contributed by atoms with Crippen molar-refractivity contribution in [2.24, 2.45) is 5.92 Å². The van der Waals surface area contributed by atoms with Crippen LogP contribution in [-0.2, 0) is 9.59 Å². The van der Waals surface area contributed by atoms with Gasteiger partial charge in [-0.25, -0.2) is 4.79 Å². The van der Waals surface area contributed by atoms with Gasteiger partial charge in [-0.05, 0) is 56.0 Å². The van der Waals surface area contributed by atoms with E-state index in [4.69, 9.17) is 28.6 Å². The molecule has 2 heterocycles. The Bertz CT molecular complexity index is 1100. The highest BCUT2D eigenvalue weighted by Gasteiger charge is 2.40. The Balaban J connectivity index is 1.80. The number of carbonyl (C=O) groups excluding carboxylic acids is 1. The minimum Gasteiger partial charge on any atom is -0.489 e. The second kappa shape index (κ2) is 10.7. The molecule has 1 aromatic heterocycles. The zero-order valence-corrected chi connectivity index (χ0v) is 21.1. The molecule has 0 spiro atoms. The van der Waals surface area contributed by atoms with Gasteiger partial charge in [-0.3, -0.25) is 14.7 Å². The fourth-order valence-electron chi connectivity index (χ4n) is 3.34. The van der Waals surface area contributed by atoms with Gasteiger partial charge in [0.25, 0.3) is 5.91 Å². The van der Waals surface area contributed by atoms with Gasteiger partial charge in [-0.2, -0.15) is 0 Å². The first kappa shape index (κ1) is 25.2. The molecule has 6 nitrogen and oxygen atoms in total. The lowest BCUT2D eigenvalue weighted by atomic mass is 10.0. The number of amides is 1. The average Bonchev–Trinajstić information content (AvgIpc) is 3.00. The molecule has 0 unspecified atom stereocenters. The summed E-state index contributed by atoms with van der Waals surface area (Å²) in [6, 6.07) is 8.25. The van der Waals surface area contributed by atoms with Gasteiger partial charge in [0.2, 0.25) is 0 Å². The molecule has 1 aliphatic rings. The van der Waals surface area contributed by atoms with E-state index in [1.54, 1.807) is 18.3 Å². The van der Waals surface area contributed by atoms with Crippen LogP contribution in [0.5, 0.6) is 5.75 Å². The van der Waals surface area contributed by atoms with E-state index in [2.05, 4.69) is 4.98 Å². The lowest BCUT2D eigenvalue weighted by Crippen LogP contribution is -2.44. The topological polar surface area (TPSA) is 79.7 Å². The first-order chi connectivity index (χ1) is 15.6. The number of carbonyl (C=O) groups is 2. The van der Waals surface area contributed by atoms with Crippen LogP contribution in [-0.4, -0.2) is 43.3 Å².